The van der Waals surface area contributed by atoms with E-state index in [1.54, 1.807) is 0 Å². The molecule has 0 atom stereocenters. The molecule has 0 bridgehead atoms. The molecule has 0 aliphatic rings. The summed E-state index contributed by atoms with van der Waals surface area (Å²) in [7, 11) is 0. The van der Waals surface area contributed by atoms with Gasteiger partial charge in [-0.1, -0.05) is 19.1 Å². The molecule has 0 aliphatic carbocycles. The molecule has 0 amide bonds. The van der Waals surface area contributed by atoms with Crippen molar-refractivity contribution in [2.45, 2.75) is 19.9 Å². The number of hydrogen-bond donors (Lipinski definition) is 1. The number of benzene rings is 1. The molecule has 0 aliphatic heterocycles. The highest BCUT2D eigenvalue weighted by molar-refractivity contribution is 5.46. The fraction of sp³-hybridized carbons (Fsp3) is 0.267. The lowest BCUT2D eigenvalue weighted by molar-refractivity contribution is 0.767. The summed E-state index contributed by atoms with van der Waals surface area (Å²) in [6, 6.07) is 12.2. The molecule has 0 unspecified atom stereocenters. The van der Waals surface area contributed by atoms with Crippen LogP contribution in [0, 0.1) is 0 Å². The molecule has 3 nitrogen and oxygen atoms in total. The molecule has 0 spiro atoms. The zero-order valence-electron chi connectivity index (χ0n) is 10.7. The highest BCUT2D eigenvalue weighted by Gasteiger charge is 2.05. The van der Waals surface area contributed by atoms with Crippen LogP contribution in [0.3, 0.4) is 0 Å². The Labute approximate surface area is 108 Å². The van der Waals surface area contributed by atoms with Gasteiger partial charge in [0.1, 0.15) is 0 Å². The second-order valence-electron chi connectivity index (χ2n) is 4.37. The summed E-state index contributed by atoms with van der Waals surface area (Å²) in [6.07, 6.45) is 4.79. The number of pyridine rings is 1. The quantitative estimate of drug-likeness (QED) is 0.818. The van der Waals surface area contributed by atoms with Gasteiger partial charge < -0.3 is 10.6 Å². The van der Waals surface area contributed by atoms with Crippen molar-refractivity contribution in [3.8, 4) is 0 Å². The first-order valence-corrected chi connectivity index (χ1v) is 6.29. The normalized spacial score (nSPS) is 10.3. The van der Waals surface area contributed by atoms with Crippen LogP contribution in [0.25, 0.3) is 0 Å². The average molecular weight is 241 g/mol. The Kier molecular flexibility index (Phi) is 4.18. The number of hydrogen-bond acceptors (Lipinski definition) is 3. The van der Waals surface area contributed by atoms with E-state index in [4.69, 9.17) is 5.73 Å². The van der Waals surface area contributed by atoms with Gasteiger partial charge in [-0.05, 0) is 36.2 Å². The Morgan fingerprint density at radius 3 is 2.33 bits per heavy atom. The molecule has 18 heavy (non-hydrogen) atoms. The minimum Gasteiger partial charge on any atom is -0.399 e. The first kappa shape index (κ1) is 12.4. The zero-order chi connectivity index (χ0) is 12.8. The van der Waals surface area contributed by atoms with E-state index in [9.17, 15) is 0 Å². The van der Waals surface area contributed by atoms with Gasteiger partial charge in [0, 0.05) is 36.9 Å². The summed E-state index contributed by atoms with van der Waals surface area (Å²) in [5, 5.41) is 0. The van der Waals surface area contributed by atoms with Crippen LogP contribution in [0.1, 0.15) is 18.9 Å². The predicted octanol–water partition coefficient (Wildman–Crippen LogP) is 3.08. The summed E-state index contributed by atoms with van der Waals surface area (Å²) in [5.74, 6) is 0. The summed E-state index contributed by atoms with van der Waals surface area (Å²) >= 11 is 0. The molecule has 94 valence electrons. The van der Waals surface area contributed by atoms with Gasteiger partial charge in [0.15, 0.2) is 0 Å². The van der Waals surface area contributed by atoms with Crippen LogP contribution < -0.4 is 10.6 Å². The number of anilines is 2. The van der Waals surface area contributed by atoms with Crippen molar-refractivity contribution in [3.05, 3.63) is 54.4 Å². The lowest BCUT2D eigenvalue weighted by atomic mass is 10.2. The lowest BCUT2D eigenvalue weighted by Crippen LogP contribution is -2.23. The van der Waals surface area contributed by atoms with Crippen molar-refractivity contribution in [2.75, 3.05) is 17.2 Å². The number of aromatic nitrogens is 1. The molecule has 1 aromatic carbocycles. The molecule has 2 N–H and O–H groups in total. The number of rotatable bonds is 5. The molecular weight excluding hydrogens is 222 g/mol. The van der Waals surface area contributed by atoms with E-state index in [2.05, 4.69) is 28.9 Å². The summed E-state index contributed by atoms with van der Waals surface area (Å²) in [5.41, 5.74) is 9.00. The van der Waals surface area contributed by atoms with Crippen molar-refractivity contribution >= 4 is 11.4 Å². The Morgan fingerprint density at radius 2 is 1.72 bits per heavy atom. The molecule has 1 aromatic heterocycles. The van der Waals surface area contributed by atoms with Crippen molar-refractivity contribution in [3.63, 3.8) is 0 Å². The summed E-state index contributed by atoms with van der Waals surface area (Å²) in [4.78, 5) is 6.42. The molecule has 0 saturated heterocycles. The fourth-order valence-electron chi connectivity index (χ4n) is 1.97. The summed E-state index contributed by atoms with van der Waals surface area (Å²) in [6.45, 7) is 4.13. The average Bonchev–Trinajstić information content (AvgIpc) is 2.42. The van der Waals surface area contributed by atoms with Crippen molar-refractivity contribution in [1.29, 1.82) is 0 Å². The first-order valence-electron chi connectivity index (χ1n) is 6.29. The molecular formula is C15H19N3. The maximum atomic E-state index is 5.71. The smallest absolute Gasteiger partial charge is 0.0429 e. The van der Waals surface area contributed by atoms with Crippen LogP contribution >= 0.6 is 0 Å². The van der Waals surface area contributed by atoms with Gasteiger partial charge >= 0.3 is 0 Å². The van der Waals surface area contributed by atoms with Crippen molar-refractivity contribution < 1.29 is 0 Å². The second-order valence-corrected chi connectivity index (χ2v) is 4.37. The van der Waals surface area contributed by atoms with E-state index in [0.717, 1.165) is 25.2 Å². The van der Waals surface area contributed by atoms with Crippen molar-refractivity contribution in [2.24, 2.45) is 0 Å². The monoisotopic (exact) mass is 241 g/mol. The van der Waals surface area contributed by atoms with Crippen LogP contribution in [0.4, 0.5) is 11.4 Å². The van der Waals surface area contributed by atoms with E-state index >= 15 is 0 Å². The second kappa shape index (κ2) is 6.05. The van der Waals surface area contributed by atoms with Gasteiger partial charge in [-0.25, -0.2) is 0 Å². The molecule has 1 heterocycles. The predicted molar refractivity (Wildman–Crippen MR) is 76.4 cm³/mol. The van der Waals surface area contributed by atoms with E-state index in [0.29, 0.717) is 0 Å². The van der Waals surface area contributed by atoms with E-state index < -0.39 is 0 Å². The standard InChI is InChI=1S/C15H19N3/c1-2-11-18(15-7-9-17-10-8-15)12-13-3-5-14(16)6-4-13/h3-10H,2,11-12,16H2,1H3. The SMILES string of the molecule is CCCN(Cc1ccc(N)cc1)c1ccncc1. The Balaban J connectivity index is 2.14. The largest absolute Gasteiger partial charge is 0.399 e. The van der Waals surface area contributed by atoms with E-state index in [-0.39, 0.29) is 0 Å². The summed E-state index contributed by atoms with van der Waals surface area (Å²) < 4.78 is 0. The maximum Gasteiger partial charge on any atom is 0.0429 e. The van der Waals surface area contributed by atoms with E-state index in [1.165, 1.54) is 11.3 Å². The van der Waals surface area contributed by atoms with Gasteiger partial charge in [-0.15, -0.1) is 0 Å². The maximum absolute atomic E-state index is 5.71. The third-order valence-electron chi connectivity index (χ3n) is 2.87. The number of nitrogens with zero attached hydrogens (tertiary/aromatic N) is 2. The van der Waals surface area contributed by atoms with Crippen LogP contribution in [0.2, 0.25) is 0 Å². The third-order valence-corrected chi connectivity index (χ3v) is 2.87. The minimum absolute atomic E-state index is 0.810. The van der Waals surface area contributed by atoms with E-state index in [1.807, 2.05) is 36.7 Å². The number of nitrogen functional groups attached to an aromatic ring is 1. The Bertz CT molecular complexity index is 465. The van der Waals surface area contributed by atoms with Gasteiger partial charge in [0.05, 0.1) is 0 Å². The third kappa shape index (κ3) is 3.23. The van der Waals surface area contributed by atoms with Gasteiger partial charge in [0.25, 0.3) is 0 Å². The fourth-order valence-corrected chi connectivity index (χ4v) is 1.97. The lowest BCUT2D eigenvalue weighted by Gasteiger charge is -2.24. The molecule has 2 aromatic rings. The highest BCUT2D eigenvalue weighted by atomic mass is 15.1. The van der Waals surface area contributed by atoms with Gasteiger partial charge in [-0.3, -0.25) is 4.98 Å². The van der Waals surface area contributed by atoms with Crippen LogP contribution in [-0.4, -0.2) is 11.5 Å². The van der Waals surface area contributed by atoms with Gasteiger partial charge in [0.2, 0.25) is 0 Å². The van der Waals surface area contributed by atoms with Crippen molar-refractivity contribution in [1.82, 2.24) is 4.98 Å². The molecule has 3 heteroatoms. The number of nitrogens with two attached hydrogens (primary N) is 1. The highest BCUT2D eigenvalue weighted by Crippen LogP contribution is 2.17. The molecule has 0 saturated carbocycles. The Morgan fingerprint density at radius 1 is 1.06 bits per heavy atom. The Hall–Kier alpha value is -2.03. The first-order chi connectivity index (χ1) is 8.79. The van der Waals surface area contributed by atoms with Crippen LogP contribution in [0.5, 0.6) is 0 Å². The minimum atomic E-state index is 0.810. The zero-order valence-corrected chi connectivity index (χ0v) is 10.7. The topological polar surface area (TPSA) is 42.1 Å². The van der Waals surface area contributed by atoms with Crippen LogP contribution in [0.15, 0.2) is 48.8 Å². The molecule has 2 rings (SSSR count). The molecule has 0 fully saturated rings. The molecule has 0 radical (unpaired) electrons. The van der Waals surface area contributed by atoms with Crippen LogP contribution in [-0.2, 0) is 6.54 Å². The van der Waals surface area contributed by atoms with Gasteiger partial charge in [-0.2, -0.15) is 0 Å².